The lowest BCUT2D eigenvalue weighted by molar-refractivity contribution is 0.313. The minimum absolute atomic E-state index is 0.582. The molecule has 0 bridgehead atoms. The van der Waals surface area contributed by atoms with Crippen LogP contribution in [0.2, 0.25) is 0 Å². The predicted molar refractivity (Wildman–Crippen MR) is 122 cm³/mol. The standard InChI is InChI=1S/C22H24N6OS/c1-26-6-8-27(9-7-26)16-3-4-20(29-2)17(11-16)19-13-25-28-21(23)18(12-24-22(19)28)15-5-10-30-14-15/h3-5,10-14H,6-9,23H2,1-2H3. The summed E-state index contributed by atoms with van der Waals surface area (Å²) >= 11 is 1.63. The van der Waals surface area contributed by atoms with E-state index in [1.165, 1.54) is 5.69 Å². The molecule has 4 heterocycles. The van der Waals surface area contributed by atoms with Gasteiger partial charge in [-0.05, 0) is 47.6 Å². The summed E-state index contributed by atoms with van der Waals surface area (Å²) in [4.78, 5) is 9.47. The summed E-state index contributed by atoms with van der Waals surface area (Å²) in [5.74, 6) is 1.38. The molecule has 1 fully saturated rings. The monoisotopic (exact) mass is 420 g/mol. The van der Waals surface area contributed by atoms with Crippen molar-refractivity contribution in [2.75, 3.05) is 51.0 Å². The maximum absolute atomic E-state index is 6.45. The number of hydrogen-bond donors (Lipinski definition) is 1. The van der Waals surface area contributed by atoms with E-state index in [0.717, 1.165) is 59.8 Å². The summed E-state index contributed by atoms with van der Waals surface area (Å²) in [6.07, 6.45) is 3.65. The lowest BCUT2D eigenvalue weighted by Crippen LogP contribution is -2.44. The Labute approximate surface area is 179 Å². The summed E-state index contributed by atoms with van der Waals surface area (Å²) in [6.45, 7) is 4.13. The first-order chi connectivity index (χ1) is 14.7. The Balaban J connectivity index is 1.59. The van der Waals surface area contributed by atoms with Crippen LogP contribution in [0.25, 0.3) is 27.9 Å². The molecule has 4 aromatic rings. The second-order valence-electron chi connectivity index (χ2n) is 7.54. The van der Waals surface area contributed by atoms with Crippen LogP contribution in [0.5, 0.6) is 5.75 Å². The van der Waals surface area contributed by atoms with Gasteiger partial charge in [0, 0.05) is 49.2 Å². The molecule has 30 heavy (non-hydrogen) atoms. The number of nitrogens with two attached hydrogens (primary N) is 1. The zero-order chi connectivity index (χ0) is 20.7. The van der Waals surface area contributed by atoms with E-state index in [9.17, 15) is 0 Å². The lowest BCUT2D eigenvalue weighted by atomic mass is 10.1. The number of nitrogen functional groups attached to an aromatic ring is 1. The number of thiophene rings is 1. The van der Waals surface area contributed by atoms with E-state index < -0.39 is 0 Å². The normalized spacial score (nSPS) is 15.1. The molecule has 0 atom stereocenters. The van der Waals surface area contributed by atoms with E-state index in [2.05, 4.69) is 39.5 Å². The Morgan fingerprint density at radius 2 is 1.87 bits per heavy atom. The van der Waals surface area contributed by atoms with Crippen molar-refractivity contribution >= 4 is 28.5 Å². The van der Waals surface area contributed by atoms with Gasteiger partial charge in [0.1, 0.15) is 11.6 Å². The SMILES string of the molecule is COc1ccc(N2CCN(C)CC2)cc1-c1cnn2c(N)c(-c3ccsc3)cnc12. The molecule has 0 spiro atoms. The molecule has 1 aliphatic heterocycles. The average Bonchev–Trinajstić information content (AvgIpc) is 3.45. The van der Waals surface area contributed by atoms with Crippen molar-refractivity contribution in [3.8, 4) is 28.0 Å². The predicted octanol–water partition coefficient (Wildman–Crippen LogP) is 3.47. The van der Waals surface area contributed by atoms with Crippen molar-refractivity contribution in [2.24, 2.45) is 0 Å². The first-order valence-corrected chi connectivity index (χ1v) is 10.9. The van der Waals surface area contributed by atoms with Crippen molar-refractivity contribution in [3.05, 3.63) is 47.4 Å². The van der Waals surface area contributed by atoms with Crippen LogP contribution in [0.4, 0.5) is 11.5 Å². The summed E-state index contributed by atoms with van der Waals surface area (Å²) in [7, 11) is 3.85. The van der Waals surface area contributed by atoms with Gasteiger partial charge in [-0.3, -0.25) is 0 Å². The minimum Gasteiger partial charge on any atom is -0.496 e. The van der Waals surface area contributed by atoms with Crippen LogP contribution >= 0.6 is 11.3 Å². The van der Waals surface area contributed by atoms with E-state index in [-0.39, 0.29) is 0 Å². The van der Waals surface area contributed by atoms with Crippen molar-refractivity contribution in [3.63, 3.8) is 0 Å². The molecule has 8 heteroatoms. The quantitative estimate of drug-likeness (QED) is 0.545. The van der Waals surface area contributed by atoms with E-state index in [4.69, 9.17) is 15.5 Å². The summed E-state index contributed by atoms with van der Waals surface area (Å²) < 4.78 is 7.38. The molecular formula is C22H24N6OS. The molecule has 0 saturated carbocycles. The molecule has 0 unspecified atom stereocenters. The smallest absolute Gasteiger partial charge is 0.165 e. The molecule has 2 N–H and O–H groups in total. The topological polar surface area (TPSA) is 71.9 Å². The zero-order valence-electron chi connectivity index (χ0n) is 17.1. The number of ether oxygens (including phenoxy) is 1. The summed E-state index contributed by atoms with van der Waals surface area (Å²) in [6, 6.07) is 8.36. The number of methoxy groups -OCH3 is 1. The number of aromatic nitrogens is 3. The van der Waals surface area contributed by atoms with E-state index in [1.807, 2.05) is 29.9 Å². The third-order valence-corrected chi connectivity index (χ3v) is 6.42. The van der Waals surface area contributed by atoms with Crippen LogP contribution in [0, 0.1) is 0 Å². The minimum atomic E-state index is 0.582. The average molecular weight is 421 g/mol. The first-order valence-electron chi connectivity index (χ1n) is 9.92. The van der Waals surface area contributed by atoms with E-state index in [1.54, 1.807) is 23.0 Å². The van der Waals surface area contributed by atoms with Gasteiger partial charge in [-0.2, -0.15) is 21.0 Å². The van der Waals surface area contributed by atoms with Crippen LogP contribution in [0.3, 0.4) is 0 Å². The van der Waals surface area contributed by atoms with Crippen molar-refractivity contribution < 1.29 is 4.74 Å². The molecule has 154 valence electrons. The Hall–Kier alpha value is -3.10. The third kappa shape index (κ3) is 3.18. The van der Waals surface area contributed by atoms with Gasteiger partial charge in [0.2, 0.25) is 0 Å². The molecule has 1 saturated heterocycles. The molecule has 0 amide bonds. The largest absolute Gasteiger partial charge is 0.496 e. The highest BCUT2D eigenvalue weighted by Gasteiger charge is 2.20. The molecule has 1 aromatic carbocycles. The van der Waals surface area contributed by atoms with Gasteiger partial charge in [0.05, 0.1) is 18.9 Å². The molecule has 1 aliphatic rings. The van der Waals surface area contributed by atoms with E-state index >= 15 is 0 Å². The number of likely N-dealkylation sites (N-methyl/N-ethyl adjacent to an activating group) is 1. The number of nitrogens with zero attached hydrogens (tertiary/aromatic N) is 5. The Morgan fingerprint density at radius 1 is 1.03 bits per heavy atom. The van der Waals surface area contributed by atoms with Crippen LogP contribution in [0.1, 0.15) is 0 Å². The van der Waals surface area contributed by atoms with Crippen molar-refractivity contribution in [2.45, 2.75) is 0 Å². The fourth-order valence-electron chi connectivity index (χ4n) is 3.95. The number of piperazine rings is 1. The van der Waals surface area contributed by atoms with Gasteiger partial charge >= 0.3 is 0 Å². The van der Waals surface area contributed by atoms with Crippen LogP contribution in [-0.4, -0.2) is 59.8 Å². The van der Waals surface area contributed by atoms with Gasteiger partial charge in [0.15, 0.2) is 5.65 Å². The van der Waals surface area contributed by atoms with E-state index in [0.29, 0.717) is 5.82 Å². The van der Waals surface area contributed by atoms with Crippen LogP contribution in [0.15, 0.2) is 47.4 Å². The Bertz CT molecular complexity index is 1180. The van der Waals surface area contributed by atoms with Gasteiger partial charge in [-0.25, -0.2) is 4.98 Å². The highest BCUT2D eigenvalue weighted by Crippen LogP contribution is 2.37. The Kier molecular flexibility index (Phi) is 4.80. The van der Waals surface area contributed by atoms with Gasteiger partial charge in [-0.1, -0.05) is 0 Å². The first kappa shape index (κ1) is 18.9. The lowest BCUT2D eigenvalue weighted by Gasteiger charge is -2.34. The summed E-state index contributed by atoms with van der Waals surface area (Å²) in [5, 5.41) is 8.64. The van der Waals surface area contributed by atoms with Gasteiger partial charge in [0.25, 0.3) is 0 Å². The molecule has 0 radical (unpaired) electrons. The fourth-order valence-corrected chi connectivity index (χ4v) is 4.60. The second-order valence-corrected chi connectivity index (χ2v) is 8.32. The highest BCUT2D eigenvalue weighted by molar-refractivity contribution is 7.08. The van der Waals surface area contributed by atoms with Crippen molar-refractivity contribution in [1.29, 1.82) is 0 Å². The fraction of sp³-hybridized carbons (Fsp3) is 0.273. The number of hydrogen-bond acceptors (Lipinski definition) is 7. The molecule has 7 nitrogen and oxygen atoms in total. The van der Waals surface area contributed by atoms with Crippen molar-refractivity contribution in [1.82, 2.24) is 19.5 Å². The Morgan fingerprint density at radius 3 is 2.60 bits per heavy atom. The zero-order valence-corrected chi connectivity index (χ0v) is 17.9. The number of fused-ring (bicyclic) bond motifs is 1. The number of rotatable bonds is 4. The third-order valence-electron chi connectivity index (χ3n) is 5.74. The van der Waals surface area contributed by atoms with Crippen LogP contribution in [-0.2, 0) is 0 Å². The number of benzene rings is 1. The number of anilines is 2. The second kappa shape index (κ2) is 7.62. The molecule has 5 rings (SSSR count). The maximum Gasteiger partial charge on any atom is 0.165 e. The van der Waals surface area contributed by atoms with Gasteiger partial charge < -0.3 is 20.3 Å². The molecular weight excluding hydrogens is 396 g/mol. The molecule has 3 aromatic heterocycles. The summed E-state index contributed by atoms with van der Waals surface area (Å²) in [5.41, 5.74) is 12.2. The maximum atomic E-state index is 6.45. The molecule has 0 aliphatic carbocycles. The van der Waals surface area contributed by atoms with Crippen LogP contribution < -0.4 is 15.4 Å². The highest BCUT2D eigenvalue weighted by atomic mass is 32.1. The van der Waals surface area contributed by atoms with Gasteiger partial charge in [-0.15, -0.1) is 0 Å².